The summed E-state index contributed by atoms with van der Waals surface area (Å²) < 4.78 is 11.0. The number of hydrogen-bond acceptors (Lipinski definition) is 4. The summed E-state index contributed by atoms with van der Waals surface area (Å²) in [4.78, 5) is 12.0. The second-order valence-electron chi connectivity index (χ2n) is 4.44. The van der Waals surface area contributed by atoms with Crippen LogP contribution in [0.2, 0.25) is 0 Å². The lowest BCUT2D eigenvalue weighted by molar-refractivity contribution is 0.0956. The van der Waals surface area contributed by atoms with E-state index in [1.54, 1.807) is 31.4 Å². The lowest BCUT2D eigenvalue weighted by Crippen LogP contribution is -2.24. The second-order valence-corrected chi connectivity index (χ2v) is 4.44. The summed E-state index contributed by atoms with van der Waals surface area (Å²) in [6.45, 7) is 0.205. The molecule has 0 aliphatic carbocycles. The van der Waals surface area contributed by atoms with Crippen LogP contribution in [0.4, 0.5) is 0 Å². The van der Waals surface area contributed by atoms with E-state index in [2.05, 4.69) is 5.32 Å². The molecule has 0 aliphatic rings. The molecule has 0 spiro atoms. The molecule has 22 heavy (non-hydrogen) atoms. The second kappa shape index (κ2) is 7.70. The summed E-state index contributed by atoms with van der Waals surface area (Å²) in [5.41, 5.74) is 1.23. The van der Waals surface area contributed by atoms with Gasteiger partial charge in [0.1, 0.15) is 13.2 Å². The first-order valence-electron chi connectivity index (χ1n) is 6.75. The van der Waals surface area contributed by atoms with Crippen LogP contribution in [-0.2, 0) is 6.61 Å². The molecular weight excluding hydrogens is 280 g/mol. The fourth-order valence-electron chi connectivity index (χ4n) is 1.98. The molecule has 0 aliphatic heterocycles. The number of carbonyl (C=O) groups is 1. The van der Waals surface area contributed by atoms with Gasteiger partial charge in [-0.15, -0.1) is 0 Å². The molecule has 0 radical (unpaired) electrons. The maximum absolute atomic E-state index is 12.0. The molecule has 1 N–H and O–H groups in total. The van der Waals surface area contributed by atoms with E-state index < -0.39 is 0 Å². The Morgan fingerprint density at radius 3 is 2.55 bits per heavy atom. The van der Waals surface area contributed by atoms with E-state index >= 15 is 0 Å². The van der Waals surface area contributed by atoms with E-state index in [1.165, 1.54) is 0 Å². The van der Waals surface area contributed by atoms with Crippen molar-refractivity contribution < 1.29 is 14.3 Å². The van der Waals surface area contributed by atoms with Crippen molar-refractivity contribution in [3.63, 3.8) is 0 Å². The summed E-state index contributed by atoms with van der Waals surface area (Å²) in [5, 5.41) is 11.1. The van der Waals surface area contributed by atoms with Gasteiger partial charge in [0.2, 0.25) is 0 Å². The smallest absolute Gasteiger partial charge is 0.252 e. The van der Waals surface area contributed by atoms with Gasteiger partial charge in [-0.2, -0.15) is 5.26 Å². The van der Waals surface area contributed by atoms with Gasteiger partial charge in [0.05, 0.1) is 13.2 Å². The number of rotatable bonds is 6. The van der Waals surface area contributed by atoms with Crippen molar-refractivity contribution in [2.45, 2.75) is 6.61 Å². The van der Waals surface area contributed by atoms with Crippen molar-refractivity contribution in [2.24, 2.45) is 0 Å². The Balaban J connectivity index is 2.13. The average Bonchev–Trinajstić information content (AvgIpc) is 2.58. The van der Waals surface area contributed by atoms with Gasteiger partial charge in [-0.05, 0) is 18.2 Å². The molecule has 2 aromatic rings. The molecule has 0 saturated carbocycles. The van der Waals surface area contributed by atoms with Crippen LogP contribution in [0.1, 0.15) is 15.9 Å². The maximum Gasteiger partial charge on any atom is 0.252 e. The minimum absolute atomic E-state index is 0.0272. The van der Waals surface area contributed by atoms with Gasteiger partial charge in [-0.25, -0.2) is 0 Å². The Kier molecular flexibility index (Phi) is 5.38. The molecule has 0 fully saturated rings. The summed E-state index contributed by atoms with van der Waals surface area (Å²) in [6, 6.07) is 16.3. The molecule has 0 saturated heterocycles. The Morgan fingerprint density at radius 2 is 1.82 bits per heavy atom. The van der Waals surface area contributed by atoms with Gasteiger partial charge in [0.25, 0.3) is 5.91 Å². The number of ether oxygens (including phenoxy) is 2. The molecule has 1 amide bonds. The normalized spacial score (nSPS) is 9.64. The number of methoxy groups -OCH3 is 1. The highest BCUT2D eigenvalue weighted by Gasteiger charge is 2.11. The number of nitriles is 1. The number of nitrogens with zero attached hydrogens (tertiary/aromatic N) is 1. The van der Waals surface area contributed by atoms with Gasteiger partial charge in [-0.1, -0.05) is 30.3 Å². The van der Waals surface area contributed by atoms with Gasteiger partial charge >= 0.3 is 0 Å². The van der Waals surface area contributed by atoms with Crippen LogP contribution in [0.3, 0.4) is 0 Å². The minimum Gasteiger partial charge on any atom is -0.493 e. The van der Waals surface area contributed by atoms with E-state index in [-0.39, 0.29) is 19.1 Å². The zero-order valence-electron chi connectivity index (χ0n) is 12.2. The molecule has 2 aromatic carbocycles. The van der Waals surface area contributed by atoms with Gasteiger partial charge in [0, 0.05) is 11.1 Å². The van der Waals surface area contributed by atoms with Crippen LogP contribution in [-0.4, -0.2) is 19.6 Å². The Morgan fingerprint density at radius 1 is 1.14 bits per heavy atom. The fourth-order valence-corrected chi connectivity index (χ4v) is 1.98. The first-order valence-corrected chi connectivity index (χ1v) is 6.75. The molecule has 0 unspecified atom stereocenters. The van der Waals surface area contributed by atoms with E-state index in [0.29, 0.717) is 17.1 Å². The predicted octanol–water partition coefficient (Wildman–Crippen LogP) is 2.53. The van der Waals surface area contributed by atoms with Gasteiger partial charge < -0.3 is 14.8 Å². The highest BCUT2D eigenvalue weighted by atomic mass is 16.5. The molecule has 5 nitrogen and oxygen atoms in total. The fraction of sp³-hybridized carbons (Fsp3) is 0.176. The van der Waals surface area contributed by atoms with Crippen LogP contribution >= 0.6 is 0 Å². The maximum atomic E-state index is 12.0. The molecule has 0 atom stereocenters. The molecule has 0 heterocycles. The molecule has 0 bridgehead atoms. The van der Waals surface area contributed by atoms with Crippen molar-refractivity contribution in [3.8, 4) is 17.6 Å². The Bertz CT molecular complexity index is 692. The zero-order chi connectivity index (χ0) is 15.8. The first kappa shape index (κ1) is 15.4. The van der Waals surface area contributed by atoms with Crippen molar-refractivity contribution in [1.29, 1.82) is 5.26 Å². The van der Waals surface area contributed by atoms with Gasteiger partial charge in [0.15, 0.2) is 11.5 Å². The quantitative estimate of drug-likeness (QED) is 0.831. The van der Waals surface area contributed by atoms with E-state index in [0.717, 1.165) is 5.56 Å². The third-order valence-corrected chi connectivity index (χ3v) is 3.04. The lowest BCUT2D eigenvalue weighted by atomic mass is 10.1. The standard InChI is InChI=1S/C17H16N2O3/c1-21-15-8-4-5-9-16(15)22-12-13-6-2-3-7-14(13)17(20)19-11-10-18/h2-9H,11-12H2,1H3,(H,19,20). The summed E-state index contributed by atoms with van der Waals surface area (Å²) in [6.07, 6.45) is 0. The largest absolute Gasteiger partial charge is 0.493 e. The van der Waals surface area contributed by atoms with Crippen molar-refractivity contribution in [1.82, 2.24) is 5.32 Å². The Hall–Kier alpha value is -3.00. The van der Waals surface area contributed by atoms with Crippen LogP contribution < -0.4 is 14.8 Å². The monoisotopic (exact) mass is 296 g/mol. The van der Waals surface area contributed by atoms with E-state index in [9.17, 15) is 4.79 Å². The minimum atomic E-state index is -0.291. The van der Waals surface area contributed by atoms with E-state index in [1.807, 2.05) is 30.3 Å². The third-order valence-electron chi connectivity index (χ3n) is 3.04. The molecule has 2 rings (SSSR count). The van der Waals surface area contributed by atoms with Crippen LogP contribution in [0.5, 0.6) is 11.5 Å². The number of nitrogens with one attached hydrogen (secondary N) is 1. The highest BCUT2D eigenvalue weighted by Crippen LogP contribution is 2.27. The van der Waals surface area contributed by atoms with E-state index in [4.69, 9.17) is 14.7 Å². The molecular formula is C17H16N2O3. The molecule has 5 heteroatoms. The average molecular weight is 296 g/mol. The Labute approximate surface area is 129 Å². The lowest BCUT2D eigenvalue weighted by Gasteiger charge is -2.12. The van der Waals surface area contributed by atoms with Gasteiger partial charge in [-0.3, -0.25) is 4.79 Å². The van der Waals surface area contributed by atoms with Crippen molar-refractivity contribution in [3.05, 3.63) is 59.7 Å². The zero-order valence-corrected chi connectivity index (χ0v) is 12.2. The number of hydrogen-bond donors (Lipinski definition) is 1. The SMILES string of the molecule is COc1ccccc1OCc1ccccc1C(=O)NCC#N. The number of benzene rings is 2. The van der Waals surface area contributed by atoms with Crippen molar-refractivity contribution in [2.75, 3.05) is 13.7 Å². The highest BCUT2D eigenvalue weighted by molar-refractivity contribution is 5.95. The van der Waals surface area contributed by atoms with Crippen LogP contribution in [0, 0.1) is 11.3 Å². The first-order chi connectivity index (χ1) is 10.8. The number of carbonyl (C=O) groups excluding carboxylic acids is 1. The predicted molar refractivity (Wildman–Crippen MR) is 81.7 cm³/mol. The topological polar surface area (TPSA) is 71.3 Å². The third kappa shape index (κ3) is 3.76. The summed E-state index contributed by atoms with van der Waals surface area (Å²) in [5.74, 6) is 0.951. The number of amides is 1. The number of para-hydroxylation sites is 2. The molecule has 0 aromatic heterocycles. The van der Waals surface area contributed by atoms with Crippen molar-refractivity contribution >= 4 is 5.91 Å². The summed E-state index contributed by atoms with van der Waals surface area (Å²) in [7, 11) is 1.57. The van der Waals surface area contributed by atoms with Crippen LogP contribution in [0.15, 0.2) is 48.5 Å². The van der Waals surface area contributed by atoms with Crippen LogP contribution in [0.25, 0.3) is 0 Å². The summed E-state index contributed by atoms with van der Waals surface area (Å²) >= 11 is 0. The molecule has 112 valence electrons.